The van der Waals surface area contributed by atoms with Crippen LogP contribution < -0.4 is 10.5 Å². The normalized spacial score (nSPS) is 13.5. The lowest BCUT2D eigenvalue weighted by atomic mass is 10.1. The highest BCUT2D eigenvalue weighted by Gasteiger charge is 2.21. The van der Waals surface area contributed by atoms with E-state index in [1.165, 1.54) is 6.07 Å². The molecule has 3 aromatic rings. The standard InChI is InChI=1S/C23H21FN4O2.ClH/c24-20-3-1-2-17-14-18(26-23(30)22(17)20)6-9-21(29)28-12-10-27(11-13-28)19-7-4-16(15-25)5-8-19;/h1-5,7-8,14H,6,9-13H2,(H,26,30);1H. The zero-order valence-electron chi connectivity index (χ0n) is 16.8. The highest BCUT2D eigenvalue weighted by Crippen LogP contribution is 2.18. The third kappa shape index (κ3) is 4.86. The molecule has 2 aromatic carbocycles. The van der Waals surface area contributed by atoms with Crippen molar-refractivity contribution in [3.63, 3.8) is 0 Å². The highest BCUT2D eigenvalue weighted by atomic mass is 35.5. The number of rotatable bonds is 4. The molecule has 1 fully saturated rings. The average molecular weight is 441 g/mol. The van der Waals surface area contributed by atoms with Crippen LogP contribution in [0.3, 0.4) is 0 Å². The number of H-pyrrole nitrogens is 1. The van der Waals surface area contributed by atoms with E-state index in [1.54, 1.807) is 30.3 Å². The summed E-state index contributed by atoms with van der Waals surface area (Å²) in [7, 11) is 0. The number of aromatic nitrogens is 1. The van der Waals surface area contributed by atoms with Crippen LogP contribution in [0.25, 0.3) is 10.8 Å². The number of hydrogen-bond donors (Lipinski definition) is 1. The van der Waals surface area contributed by atoms with Crippen molar-refractivity contribution in [2.45, 2.75) is 12.8 Å². The zero-order valence-corrected chi connectivity index (χ0v) is 17.6. The first kappa shape index (κ1) is 22.3. The van der Waals surface area contributed by atoms with Gasteiger partial charge in [-0.25, -0.2) is 4.39 Å². The van der Waals surface area contributed by atoms with E-state index in [9.17, 15) is 14.0 Å². The Morgan fingerprint density at radius 2 is 1.81 bits per heavy atom. The molecule has 1 saturated heterocycles. The van der Waals surface area contributed by atoms with Crippen LogP contribution in [0.15, 0.2) is 53.3 Å². The Kier molecular flexibility index (Phi) is 6.93. The smallest absolute Gasteiger partial charge is 0.258 e. The van der Waals surface area contributed by atoms with Crippen molar-refractivity contribution in [2.24, 2.45) is 0 Å². The summed E-state index contributed by atoms with van der Waals surface area (Å²) in [4.78, 5) is 31.5. The van der Waals surface area contributed by atoms with E-state index in [1.807, 2.05) is 17.0 Å². The fourth-order valence-electron chi connectivity index (χ4n) is 3.83. The number of halogens is 2. The summed E-state index contributed by atoms with van der Waals surface area (Å²) in [6.07, 6.45) is 0.685. The molecule has 2 heterocycles. The van der Waals surface area contributed by atoms with Gasteiger partial charge in [0.1, 0.15) is 5.82 Å². The number of anilines is 1. The van der Waals surface area contributed by atoms with E-state index in [0.29, 0.717) is 36.2 Å². The second kappa shape index (κ2) is 9.63. The molecule has 160 valence electrons. The molecule has 6 nitrogen and oxygen atoms in total. The lowest BCUT2D eigenvalue weighted by Gasteiger charge is -2.36. The van der Waals surface area contributed by atoms with Crippen molar-refractivity contribution in [1.82, 2.24) is 9.88 Å². The van der Waals surface area contributed by atoms with Gasteiger partial charge in [0, 0.05) is 44.0 Å². The summed E-state index contributed by atoms with van der Waals surface area (Å²) < 4.78 is 13.8. The molecule has 4 rings (SSSR count). The van der Waals surface area contributed by atoms with Gasteiger partial charge in [-0.3, -0.25) is 9.59 Å². The maximum absolute atomic E-state index is 13.8. The molecule has 0 radical (unpaired) electrons. The molecule has 0 saturated carbocycles. The molecule has 1 aliphatic rings. The van der Waals surface area contributed by atoms with Crippen LogP contribution in [-0.4, -0.2) is 42.0 Å². The van der Waals surface area contributed by atoms with Crippen LogP contribution in [0, 0.1) is 17.1 Å². The molecule has 1 aromatic heterocycles. The molecule has 8 heteroatoms. The molecule has 0 aliphatic carbocycles. The molecule has 1 aliphatic heterocycles. The molecule has 31 heavy (non-hydrogen) atoms. The molecular formula is C23H22ClFN4O2. The van der Waals surface area contributed by atoms with Gasteiger partial charge in [0.15, 0.2) is 0 Å². The number of amides is 1. The van der Waals surface area contributed by atoms with E-state index in [0.717, 1.165) is 18.8 Å². The van der Waals surface area contributed by atoms with Gasteiger partial charge in [0.2, 0.25) is 5.91 Å². The van der Waals surface area contributed by atoms with Crippen molar-refractivity contribution in [2.75, 3.05) is 31.1 Å². The van der Waals surface area contributed by atoms with Crippen molar-refractivity contribution in [3.8, 4) is 6.07 Å². The van der Waals surface area contributed by atoms with Crippen molar-refractivity contribution in [1.29, 1.82) is 5.26 Å². The summed E-state index contributed by atoms with van der Waals surface area (Å²) in [6.45, 7) is 2.70. The minimum Gasteiger partial charge on any atom is -0.368 e. The molecule has 0 atom stereocenters. The molecule has 1 amide bonds. The highest BCUT2D eigenvalue weighted by molar-refractivity contribution is 5.85. The second-order valence-corrected chi connectivity index (χ2v) is 7.35. The fourth-order valence-corrected chi connectivity index (χ4v) is 3.83. The van der Waals surface area contributed by atoms with Gasteiger partial charge in [-0.05, 0) is 48.2 Å². The van der Waals surface area contributed by atoms with Gasteiger partial charge in [-0.1, -0.05) is 12.1 Å². The van der Waals surface area contributed by atoms with Gasteiger partial charge >= 0.3 is 0 Å². The first-order valence-corrected chi connectivity index (χ1v) is 9.88. The SMILES string of the molecule is Cl.N#Cc1ccc(N2CCN(C(=O)CCc3cc4cccc(F)c4c(=O)[nH]3)CC2)cc1. The number of pyridine rings is 1. The lowest BCUT2D eigenvalue weighted by molar-refractivity contribution is -0.131. The number of fused-ring (bicyclic) bond motifs is 1. The summed E-state index contributed by atoms with van der Waals surface area (Å²) in [6, 6.07) is 15.8. The van der Waals surface area contributed by atoms with Crippen LogP contribution in [0.1, 0.15) is 17.7 Å². The number of nitrogens with zero attached hydrogens (tertiary/aromatic N) is 3. The van der Waals surface area contributed by atoms with E-state index in [2.05, 4.69) is 16.0 Å². The number of benzene rings is 2. The average Bonchev–Trinajstić information content (AvgIpc) is 2.77. The topological polar surface area (TPSA) is 80.2 Å². The largest absolute Gasteiger partial charge is 0.368 e. The van der Waals surface area contributed by atoms with Crippen LogP contribution in [0.4, 0.5) is 10.1 Å². The van der Waals surface area contributed by atoms with Crippen molar-refractivity contribution < 1.29 is 9.18 Å². The third-order valence-corrected chi connectivity index (χ3v) is 5.48. The van der Waals surface area contributed by atoms with E-state index in [4.69, 9.17) is 5.26 Å². The summed E-state index contributed by atoms with van der Waals surface area (Å²) >= 11 is 0. The van der Waals surface area contributed by atoms with Crippen LogP contribution in [0.2, 0.25) is 0 Å². The monoisotopic (exact) mass is 440 g/mol. The van der Waals surface area contributed by atoms with Gasteiger partial charge < -0.3 is 14.8 Å². The Morgan fingerprint density at radius 1 is 1.10 bits per heavy atom. The maximum atomic E-state index is 13.8. The van der Waals surface area contributed by atoms with Gasteiger partial charge in [0.25, 0.3) is 5.56 Å². The van der Waals surface area contributed by atoms with E-state index < -0.39 is 11.4 Å². The number of carbonyl (C=O) groups is 1. The van der Waals surface area contributed by atoms with Crippen LogP contribution in [-0.2, 0) is 11.2 Å². The van der Waals surface area contributed by atoms with E-state index in [-0.39, 0.29) is 30.1 Å². The Morgan fingerprint density at radius 3 is 2.48 bits per heavy atom. The maximum Gasteiger partial charge on any atom is 0.258 e. The van der Waals surface area contributed by atoms with Crippen molar-refractivity contribution in [3.05, 3.63) is 76.0 Å². The number of hydrogen-bond acceptors (Lipinski definition) is 4. The number of aryl methyl sites for hydroxylation is 1. The Bertz CT molecular complexity index is 1180. The van der Waals surface area contributed by atoms with E-state index >= 15 is 0 Å². The summed E-state index contributed by atoms with van der Waals surface area (Å²) in [5.41, 5.74) is 1.83. The number of nitrogens with one attached hydrogen (secondary N) is 1. The molecular weight excluding hydrogens is 419 g/mol. The number of aromatic amines is 1. The van der Waals surface area contributed by atoms with Crippen molar-refractivity contribution >= 4 is 34.8 Å². The Labute approximate surface area is 185 Å². The van der Waals surface area contributed by atoms with Crippen LogP contribution >= 0.6 is 12.4 Å². The minimum absolute atomic E-state index is 0. The molecule has 1 N–H and O–H groups in total. The van der Waals surface area contributed by atoms with Gasteiger partial charge in [-0.15, -0.1) is 12.4 Å². The molecule has 0 spiro atoms. The molecule has 0 unspecified atom stereocenters. The van der Waals surface area contributed by atoms with Gasteiger partial charge in [-0.2, -0.15) is 5.26 Å². The predicted molar refractivity (Wildman–Crippen MR) is 120 cm³/mol. The second-order valence-electron chi connectivity index (χ2n) is 7.35. The zero-order chi connectivity index (χ0) is 21.1. The predicted octanol–water partition coefficient (Wildman–Crippen LogP) is 3.24. The first-order chi connectivity index (χ1) is 14.5. The first-order valence-electron chi connectivity index (χ1n) is 9.88. The Hall–Kier alpha value is -3.37. The minimum atomic E-state index is -0.545. The molecule has 0 bridgehead atoms. The third-order valence-electron chi connectivity index (χ3n) is 5.48. The summed E-state index contributed by atoms with van der Waals surface area (Å²) in [5.74, 6) is -0.508. The quantitative estimate of drug-likeness (QED) is 0.675. The number of piperazine rings is 1. The fraction of sp³-hybridized carbons (Fsp3) is 0.261. The number of carbonyl (C=O) groups excluding carboxylic acids is 1. The Balaban J connectivity index is 0.00000272. The van der Waals surface area contributed by atoms with Crippen LogP contribution in [0.5, 0.6) is 0 Å². The lowest BCUT2D eigenvalue weighted by Crippen LogP contribution is -2.48. The summed E-state index contributed by atoms with van der Waals surface area (Å²) in [5, 5.41) is 9.49. The number of nitriles is 1. The van der Waals surface area contributed by atoms with Gasteiger partial charge in [0.05, 0.1) is 17.0 Å².